The van der Waals surface area contributed by atoms with Crippen LogP contribution >= 0.6 is 15.9 Å². The van der Waals surface area contributed by atoms with Crippen LogP contribution < -0.4 is 10.5 Å². The Kier molecular flexibility index (Phi) is 5.01. The zero-order chi connectivity index (χ0) is 11.3. The molecule has 1 rings (SSSR count). The zero-order valence-corrected chi connectivity index (χ0v) is 10.5. The van der Waals surface area contributed by atoms with Crippen LogP contribution in [0, 0.1) is 0 Å². The Bertz CT molecular complexity index is 320. The molecule has 84 valence electrons. The van der Waals surface area contributed by atoms with Crippen molar-refractivity contribution in [1.29, 1.82) is 0 Å². The molecule has 1 heterocycles. The van der Waals surface area contributed by atoms with Gasteiger partial charge in [-0.15, -0.1) is 0 Å². The molecule has 0 fully saturated rings. The van der Waals surface area contributed by atoms with E-state index in [4.69, 9.17) is 15.2 Å². The molecule has 0 saturated carbocycles. The Morgan fingerprint density at radius 3 is 2.87 bits per heavy atom. The van der Waals surface area contributed by atoms with Crippen molar-refractivity contribution < 1.29 is 9.47 Å². The summed E-state index contributed by atoms with van der Waals surface area (Å²) < 4.78 is 10.9. The third-order valence-corrected chi connectivity index (χ3v) is 2.76. The highest BCUT2D eigenvalue weighted by Gasteiger charge is 2.11. The molecule has 0 amide bonds. The van der Waals surface area contributed by atoms with E-state index in [0.29, 0.717) is 12.5 Å². The lowest BCUT2D eigenvalue weighted by Crippen LogP contribution is -2.13. The Morgan fingerprint density at radius 1 is 1.53 bits per heavy atom. The highest BCUT2D eigenvalue weighted by molar-refractivity contribution is 9.10. The molecule has 1 aromatic heterocycles. The van der Waals surface area contributed by atoms with Gasteiger partial charge in [-0.1, -0.05) is 0 Å². The third kappa shape index (κ3) is 3.44. The Balaban J connectivity index is 2.81. The van der Waals surface area contributed by atoms with E-state index < -0.39 is 0 Å². The van der Waals surface area contributed by atoms with E-state index in [2.05, 4.69) is 20.9 Å². The van der Waals surface area contributed by atoms with E-state index in [0.717, 1.165) is 16.5 Å². The van der Waals surface area contributed by atoms with Crippen molar-refractivity contribution in [3.8, 4) is 5.88 Å². The van der Waals surface area contributed by atoms with Gasteiger partial charge in [-0.3, -0.25) is 0 Å². The van der Waals surface area contributed by atoms with Gasteiger partial charge in [0.05, 0.1) is 7.11 Å². The first-order valence-electron chi connectivity index (χ1n) is 4.63. The fraction of sp³-hybridized carbons (Fsp3) is 0.500. The summed E-state index contributed by atoms with van der Waals surface area (Å²) in [5, 5.41) is 0. The number of nitrogens with two attached hydrogens (primary N) is 1. The second kappa shape index (κ2) is 6.05. The summed E-state index contributed by atoms with van der Waals surface area (Å²) in [5.41, 5.74) is 7.00. The fourth-order valence-corrected chi connectivity index (χ4v) is 1.74. The Labute approximate surface area is 97.9 Å². The van der Waals surface area contributed by atoms with Crippen LogP contribution in [0.1, 0.15) is 18.0 Å². The molecule has 1 aromatic rings. The van der Waals surface area contributed by atoms with Crippen molar-refractivity contribution in [2.75, 3.05) is 20.8 Å². The second-order valence-electron chi connectivity index (χ2n) is 3.14. The normalized spacial score (nSPS) is 12.5. The van der Waals surface area contributed by atoms with E-state index in [-0.39, 0.29) is 6.04 Å². The van der Waals surface area contributed by atoms with Crippen molar-refractivity contribution in [3.63, 3.8) is 0 Å². The van der Waals surface area contributed by atoms with Gasteiger partial charge in [0.2, 0.25) is 5.88 Å². The number of nitrogens with zero attached hydrogens (tertiary/aromatic N) is 1. The average molecular weight is 275 g/mol. The molecular weight excluding hydrogens is 260 g/mol. The summed E-state index contributed by atoms with van der Waals surface area (Å²) in [6.07, 6.45) is 2.46. The van der Waals surface area contributed by atoms with Crippen LogP contribution in [0.25, 0.3) is 0 Å². The van der Waals surface area contributed by atoms with Gasteiger partial charge in [0, 0.05) is 36.5 Å². The number of rotatable bonds is 5. The van der Waals surface area contributed by atoms with Gasteiger partial charge < -0.3 is 15.2 Å². The summed E-state index contributed by atoms with van der Waals surface area (Å²) in [7, 11) is 3.25. The zero-order valence-electron chi connectivity index (χ0n) is 8.87. The van der Waals surface area contributed by atoms with Gasteiger partial charge in [0.15, 0.2) is 0 Å². The van der Waals surface area contributed by atoms with Gasteiger partial charge in [-0.2, -0.15) is 0 Å². The number of halogens is 1. The fourth-order valence-electron chi connectivity index (χ4n) is 1.23. The number of aromatic nitrogens is 1. The summed E-state index contributed by atoms with van der Waals surface area (Å²) in [4.78, 5) is 4.06. The molecule has 0 saturated heterocycles. The number of pyridine rings is 1. The van der Waals surface area contributed by atoms with Gasteiger partial charge in [0.25, 0.3) is 0 Å². The SMILES string of the molecule is COCCC(N)c1cc(OC)ncc1Br. The van der Waals surface area contributed by atoms with Crippen LogP contribution in [0.15, 0.2) is 16.7 Å². The predicted molar refractivity (Wildman–Crippen MR) is 61.9 cm³/mol. The molecule has 4 nitrogen and oxygen atoms in total. The number of ether oxygens (including phenoxy) is 2. The maximum atomic E-state index is 6.01. The number of hydrogen-bond donors (Lipinski definition) is 1. The monoisotopic (exact) mass is 274 g/mol. The Hall–Kier alpha value is -0.650. The maximum absolute atomic E-state index is 6.01. The first-order valence-corrected chi connectivity index (χ1v) is 5.42. The van der Waals surface area contributed by atoms with Crippen molar-refractivity contribution in [2.24, 2.45) is 5.73 Å². The lowest BCUT2D eigenvalue weighted by Gasteiger charge is -2.13. The predicted octanol–water partition coefficient (Wildman–Crippen LogP) is 1.89. The minimum atomic E-state index is -0.0729. The molecule has 5 heteroatoms. The van der Waals surface area contributed by atoms with Crippen molar-refractivity contribution in [2.45, 2.75) is 12.5 Å². The number of methoxy groups -OCH3 is 2. The van der Waals surface area contributed by atoms with Crippen molar-refractivity contribution in [3.05, 3.63) is 22.3 Å². The van der Waals surface area contributed by atoms with E-state index in [9.17, 15) is 0 Å². The lowest BCUT2D eigenvalue weighted by atomic mass is 10.1. The Morgan fingerprint density at radius 2 is 2.27 bits per heavy atom. The minimum Gasteiger partial charge on any atom is -0.481 e. The molecule has 1 unspecified atom stereocenters. The van der Waals surface area contributed by atoms with E-state index >= 15 is 0 Å². The molecule has 0 radical (unpaired) electrons. The average Bonchev–Trinajstić information content (AvgIpc) is 2.26. The van der Waals surface area contributed by atoms with Crippen molar-refractivity contribution in [1.82, 2.24) is 4.98 Å². The van der Waals surface area contributed by atoms with Crippen LogP contribution in [0.2, 0.25) is 0 Å². The van der Waals surface area contributed by atoms with Gasteiger partial charge >= 0.3 is 0 Å². The molecule has 0 aromatic carbocycles. The topological polar surface area (TPSA) is 57.4 Å². The molecule has 0 aliphatic rings. The first-order chi connectivity index (χ1) is 7.19. The highest BCUT2D eigenvalue weighted by Crippen LogP contribution is 2.26. The van der Waals surface area contributed by atoms with E-state index in [1.807, 2.05) is 6.07 Å². The summed E-state index contributed by atoms with van der Waals surface area (Å²) >= 11 is 3.41. The van der Waals surface area contributed by atoms with Crippen molar-refractivity contribution >= 4 is 15.9 Å². The molecule has 0 spiro atoms. The first kappa shape index (κ1) is 12.4. The van der Waals surface area contributed by atoms with Gasteiger partial charge in [-0.25, -0.2) is 4.98 Å². The smallest absolute Gasteiger partial charge is 0.213 e. The standard InChI is InChI=1S/C10H15BrN2O2/c1-14-4-3-9(12)7-5-10(15-2)13-6-8(7)11/h5-6,9H,3-4,12H2,1-2H3. The van der Waals surface area contributed by atoms with E-state index in [1.165, 1.54) is 0 Å². The number of hydrogen-bond acceptors (Lipinski definition) is 4. The largest absolute Gasteiger partial charge is 0.481 e. The van der Waals surface area contributed by atoms with Gasteiger partial charge in [0.1, 0.15) is 0 Å². The molecular formula is C10H15BrN2O2. The summed E-state index contributed by atoms with van der Waals surface area (Å²) in [6, 6.07) is 1.76. The molecule has 0 bridgehead atoms. The highest BCUT2D eigenvalue weighted by atomic mass is 79.9. The van der Waals surface area contributed by atoms with Gasteiger partial charge in [-0.05, 0) is 27.9 Å². The quantitative estimate of drug-likeness (QED) is 0.891. The molecule has 0 aliphatic carbocycles. The van der Waals surface area contributed by atoms with Crippen LogP contribution in [-0.4, -0.2) is 25.8 Å². The van der Waals surface area contributed by atoms with Crippen LogP contribution in [0.3, 0.4) is 0 Å². The minimum absolute atomic E-state index is 0.0729. The molecule has 0 aliphatic heterocycles. The lowest BCUT2D eigenvalue weighted by molar-refractivity contribution is 0.188. The molecule has 15 heavy (non-hydrogen) atoms. The summed E-state index contributed by atoms with van der Waals surface area (Å²) in [6.45, 7) is 0.637. The third-order valence-electron chi connectivity index (χ3n) is 2.10. The van der Waals surface area contributed by atoms with E-state index in [1.54, 1.807) is 20.4 Å². The van der Waals surface area contributed by atoms with Crippen LogP contribution in [-0.2, 0) is 4.74 Å². The van der Waals surface area contributed by atoms with Crippen LogP contribution in [0.5, 0.6) is 5.88 Å². The second-order valence-corrected chi connectivity index (χ2v) is 3.99. The maximum Gasteiger partial charge on any atom is 0.213 e. The summed E-state index contributed by atoms with van der Waals surface area (Å²) in [5.74, 6) is 0.570. The van der Waals surface area contributed by atoms with Crippen LogP contribution in [0.4, 0.5) is 0 Å². The molecule has 2 N–H and O–H groups in total. The molecule has 1 atom stereocenters.